The van der Waals surface area contributed by atoms with Gasteiger partial charge in [0, 0.05) is 39.8 Å². The second-order valence-electron chi connectivity index (χ2n) is 6.74. The average Bonchev–Trinajstić information content (AvgIpc) is 2.74. The molecule has 0 aliphatic rings. The minimum Gasteiger partial charge on any atom is -0.478 e. The van der Waals surface area contributed by atoms with E-state index in [0.717, 1.165) is 28.7 Å². The molecule has 0 unspecified atom stereocenters. The van der Waals surface area contributed by atoms with Crippen LogP contribution in [-0.2, 0) is 32.7 Å². The van der Waals surface area contributed by atoms with E-state index in [1.54, 1.807) is 24.3 Å². The van der Waals surface area contributed by atoms with E-state index < -0.39 is 11.9 Å². The van der Waals surface area contributed by atoms with Crippen LogP contribution in [0.1, 0.15) is 31.8 Å². The summed E-state index contributed by atoms with van der Waals surface area (Å²) in [6, 6.07) is 22.2. The standard InChI is InChI=1S/2C12H10O2.CH4O.Y/c2*1-8-2-3-10-7-11(12(13)14)5-4-9(10)6-8;1-2;/h2*2-7H,1H3,(H,13,14);2H,1H3;. The van der Waals surface area contributed by atoms with Gasteiger partial charge in [-0.3, -0.25) is 0 Å². The normalized spacial score (nSPS) is 9.55. The number of rotatable bonds is 2. The summed E-state index contributed by atoms with van der Waals surface area (Å²) in [6.07, 6.45) is 0. The van der Waals surface area contributed by atoms with E-state index in [1.807, 2.05) is 62.4 Å². The Hall–Kier alpha value is -2.60. The number of carbonyl (C=O) groups is 2. The Morgan fingerprint density at radius 3 is 1.16 bits per heavy atom. The van der Waals surface area contributed by atoms with E-state index in [4.69, 9.17) is 15.3 Å². The van der Waals surface area contributed by atoms with Gasteiger partial charge in [-0.05, 0) is 59.7 Å². The molecule has 0 saturated heterocycles. The first-order chi connectivity index (χ1) is 14.3. The third kappa shape index (κ3) is 7.25. The fourth-order valence-corrected chi connectivity index (χ4v) is 3.00. The van der Waals surface area contributed by atoms with E-state index >= 15 is 0 Å². The number of aliphatic hydroxyl groups is 1. The monoisotopic (exact) mass is 493 g/mol. The van der Waals surface area contributed by atoms with Gasteiger partial charge in [-0.15, -0.1) is 0 Å². The van der Waals surface area contributed by atoms with Crippen LogP contribution in [0.5, 0.6) is 0 Å². The Morgan fingerprint density at radius 1 is 0.548 bits per heavy atom. The molecule has 0 aliphatic carbocycles. The summed E-state index contributed by atoms with van der Waals surface area (Å²) in [5.74, 6) is -1.76. The van der Waals surface area contributed by atoms with Crippen molar-refractivity contribution in [2.24, 2.45) is 0 Å². The number of benzene rings is 4. The largest absolute Gasteiger partial charge is 0.478 e. The zero-order valence-electron chi connectivity index (χ0n) is 17.7. The summed E-state index contributed by atoms with van der Waals surface area (Å²) in [6.45, 7) is 4.04. The van der Waals surface area contributed by atoms with Crippen LogP contribution in [0.4, 0.5) is 0 Å². The molecular weight excluding hydrogens is 469 g/mol. The molecule has 0 amide bonds. The van der Waals surface area contributed by atoms with Crippen molar-refractivity contribution in [3.63, 3.8) is 0 Å². The van der Waals surface area contributed by atoms with Gasteiger partial charge in [-0.1, -0.05) is 59.7 Å². The zero-order chi connectivity index (χ0) is 22.3. The molecule has 4 aromatic carbocycles. The molecule has 31 heavy (non-hydrogen) atoms. The summed E-state index contributed by atoms with van der Waals surface area (Å²) >= 11 is 0. The molecule has 4 aromatic rings. The number of fused-ring (bicyclic) bond motifs is 2. The van der Waals surface area contributed by atoms with Crippen LogP contribution in [0.25, 0.3) is 21.5 Å². The minimum atomic E-state index is -0.882. The van der Waals surface area contributed by atoms with Gasteiger partial charge in [0.2, 0.25) is 0 Å². The van der Waals surface area contributed by atoms with Crippen molar-refractivity contribution in [3.8, 4) is 0 Å². The predicted molar refractivity (Wildman–Crippen MR) is 119 cm³/mol. The molecule has 6 heteroatoms. The quantitative estimate of drug-likeness (QED) is 0.353. The molecule has 0 fully saturated rings. The molecule has 157 valence electrons. The molecule has 0 bridgehead atoms. The van der Waals surface area contributed by atoms with E-state index in [-0.39, 0.29) is 32.7 Å². The van der Waals surface area contributed by atoms with Gasteiger partial charge >= 0.3 is 11.9 Å². The second-order valence-corrected chi connectivity index (χ2v) is 6.74. The number of aliphatic hydroxyl groups excluding tert-OH is 1. The fourth-order valence-electron chi connectivity index (χ4n) is 3.00. The third-order valence-electron chi connectivity index (χ3n) is 4.49. The summed E-state index contributed by atoms with van der Waals surface area (Å²) in [4.78, 5) is 21.4. The molecule has 3 N–H and O–H groups in total. The van der Waals surface area contributed by atoms with E-state index in [9.17, 15) is 9.59 Å². The number of hydrogen-bond donors (Lipinski definition) is 3. The van der Waals surface area contributed by atoms with Gasteiger partial charge < -0.3 is 15.3 Å². The van der Waals surface area contributed by atoms with Gasteiger partial charge in [0.25, 0.3) is 0 Å². The number of carboxylic acid groups (broad SMARTS) is 2. The fraction of sp³-hybridized carbons (Fsp3) is 0.120. The van der Waals surface area contributed by atoms with Crippen LogP contribution < -0.4 is 0 Å². The van der Waals surface area contributed by atoms with Crippen molar-refractivity contribution in [1.82, 2.24) is 0 Å². The van der Waals surface area contributed by atoms with Gasteiger partial charge in [-0.25, -0.2) is 9.59 Å². The summed E-state index contributed by atoms with van der Waals surface area (Å²) in [7, 11) is 1.00. The molecule has 0 aliphatic heterocycles. The molecule has 0 spiro atoms. The molecular formula is C25H24O5Y. The number of aryl methyl sites for hydroxylation is 2. The summed E-state index contributed by atoms with van der Waals surface area (Å²) < 4.78 is 0. The van der Waals surface area contributed by atoms with E-state index in [0.29, 0.717) is 11.1 Å². The Bertz CT molecular complexity index is 1110. The second kappa shape index (κ2) is 12.3. The topological polar surface area (TPSA) is 94.8 Å². The maximum Gasteiger partial charge on any atom is 0.335 e. The third-order valence-corrected chi connectivity index (χ3v) is 4.49. The van der Waals surface area contributed by atoms with E-state index in [1.165, 1.54) is 11.1 Å². The molecule has 5 nitrogen and oxygen atoms in total. The van der Waals surface area contributed by atoms with Gasteiger partial charge in [0.05, 0.1) is 11.1 Å². The zero-order valence-corrected chi connectivity index (χ0v) is 20.5. The van der Waals surface area contributed by atoms with E-state index in [2.05, 4.69) is 0 Å². The van der Waals surface area contributed by atoms with Crippen LogP contribution in [0.15, 0.2) is 72.8 Å². The molecule has 0 heterocycles. The Labute approximate surface area is 206 Å². The van der Waals surface area contributed by atoms with Crippen molar-refractivity contribution in [3.05, 3.63) is 95.1 Å². The van der Waals surface area contributed by atoms with Crippen LogP contribution in [0.2, 0.25) is 0 Å². The maximum atomic E-state index is 10.7. The molecule has 0 saturated carbocycles. The predicted octanol–water partition coefficient (Wildman–Crippen LogP) is 5.30. The SMILES string of the molecule is CO.Cc1ccc2cc(C(=O)O)ccc2c1.Cc1ccc2cc(C(=O)O)ccc2c1.[Y]. The van der Waals surface area contributed by atoms with Crippen LogP contribution in [0.3, 0.4) is 0 Å². The molecule has 4 rings (SSSR count). The number of carboxylic acids is 2. The molecule has 0 aromatic heterocycles. The van der Waals surface area contributed by atoms with Crippen LogP contribution >= 0.6 is 0 Å². The van der Waals surface area contributed by atoms with Crippen molar-refractivity contribution >= 4 is 33.5 Å². The van der Waals surface area contributed by atoms with Gasteiger partial charge in [0.15, 0.2) is 0 Å². The first-order valence-corrected chi connectivity index (χ1v) is 9.25. The first kappa shape index (κ1) is 26.4. The Balaban J connectivity index is 0.000000279. The summed E-state index contributed by atoms with van der Waals surface area (Å²) in [5.41, 5.74) is 3.03. The van der Waals surface area contributed by atoms with Crippen LogP contribution in [-0.4, -0.2) is 34.4 Å². The minimum absolute atomic E-state index is 0. The maximum absolute atomic E-state index is 10.7. The first-order valence-electron chi connectivity index (χ1n) is 9.25. The van der Waals surface area contributed by atoms with Gasteiger partial charge in [0.1, 0.15) is 0 Å². The van der Waals surface area contributed by atoms with Crippen LogP contribution in [0, 0.1) is 13.8 Å². The van der Waals surface area contributed by atoms with Crippen molar-refractivity contribution < 1.29 is 57.6 Å². The van der Waals surface area contributed by atoms with Crippen molar-refractivity contribution in [2.75, 3.05) is 7.11 Å². The Morgan fingerprint density at radius 2 is 0.839 bits per heavy atom. The molecule has 0 atom stereocenters. The molecule has 1 radical (unpaired) electrons. The van der Waals surface area contributed by atoms with Crippen molar-refractivity contribution in [2.45, 2.75) is 13.8 Å². The summed E-state index contributed by atoms with van der Waals surface area (Å²) in [5, 5.41) is 28.7. The van der Waals surface area contributed by atoms with Crippen molar-refractivity contribution in [1.29, 1.82) is 0 Å². The average molecular weight is 493 g/mol. The number of hydrogen-bond acceptors (Lipinski definition) is 3. The Kier molecular flexibility index (Phi) is 10.5. The number of aromatic carboxylic acids is 2. The smallest absolute Gasteiger partial charge is 0.335 e. The van der Waals surface area contributed by atoms with Gasteiger partial charge in [-0.2, -0.15) is 0 Å².